The van der Waals surface area contributed by atoms with Gasteiger partial charge in [-0.15, -0.1) is 0 Å². The van der Waals surface area contributed by atoms with Crippen molar-refractivity contribution in [3.8, 4) is 16.9 Å². The second-order valence-electron chi connectivity index (χ2n) is 7.57. The van der Waals surface area contributed by atoms with Crippen LogP contribution in [0.25, 0.3) is 11.1 Å². The van der Waals surface area contributed by atoms with E-state index < -0.39 is 5.92 Å². The van der Waals surface area contributed by atoms with Crippen molar-refractivity contribution >= 4 is 23.3 Å². The fourth-order valence-electron chi connectivity index (χ4n) is 3.28. The van der Waals surface area contributed by atoms with Crippen molar-refractivity contribution in [3.05, 3.63) is 71.5 Å². The van der Waals surface area contributed by atoms with E-state index in [9.17, 15) is 9.59 Å². The number of nitrogens with zero attached hydrogens (tertiary/aromatic N) is 2. The lowest BCUT2D eigenvalue weighted by Gasteiger charge is -2.16. The van der Waals surface area contributed by atoms with Crippen LogP contribution >= 0.6 is 11.6 Å². The number of rotatable bonds is 9. The summed E-state index contributed by atoms with van der Waals surface area (Å²) in [6.45, 7) is 4.10. The minimum absolute atomic E-state index is 0.0217. The zero-order valence-electron chi connectivity index (χ0n) is 17.8. The van der Waals surface area contributed by atoms with Crippen LogP contribution in [0.1, 0.15) is 30.6 Å². The third-order valence-corrected chi connectivity index (χ3v) is 5.11. The van der Waals surface area contributed by atoms with Gasteiger partial charge in [0.15, 0.2) is 5.78 Å². The van der Waals surface area contributed by atoms with Crippen molar-refractivity contribution in [2.45, 2.75) is 32.9 Å². The van der Waals surface area contributed by atoms with E-state index in [1.54, 1.807) is 36.1 Å². The lowest BCUT2D eigenvalue weighted by atomic mass is 9.97. The van der Waals surface area contributed by atoms with E-state index in [0.29, 0.717) is 22.9 Å². The molecular weight excluding hydrogens is 414 g/mol. The molecule has 0 fully saturated rings. The largest absolute Gasteiger partial charge is 0.489 e. The monoisotopic (exact) mass is 439 g/mol. The van der Waals surface area contributed by atoms with E-state index in [4.69, 9.17) is 16.3 Å². The maximum Gasteiger partial charge on any atom is 0.225 e. The van der Waals surface area contributed by atoms with E-state index in [-0.39, 0.29) is 24.2 Å². The Morgan fingerprint density at radius 2 is 1.87 bits per heavy atom. The molecule has 0 bridgehead atoms. The molecule has 0 radical (unpaired) electrons. The summed E-state index contributed by atoms with van der Waals surface area (Å²) in [6.07, 6.45) is 3.66. The highest BCUT2D eigenvalue weighted by Gasteiger charge is 2.23. The van der Waals surface area contributed by atoms with Gasteiger partial charge in [-0.05, 0) is 37.6 Å². The zero-order chi connectivity index (χ0) is 22.4. The van der Waals surface area contributed by atoms with Crippen molar-refractivity contribution in [3.63, 3.8) is 0 Å². The molecule has 6 nitrogen and oxygen atoms in total. The number of ether oxygens (including phenoxy) is 1. The molecule has 0 saturated heterocycles. The number of aromatic nitrogens is 2. The smallest absolute Gasteiger partial charge is 0.225 e. The number of carbonyl (C=O) groups is 2. The molecule has 3 rings (SSSR count). The Morgan fingerprint density at radius 1 is 1.13 bits per heavy atom. The molecule has 0 unspecified atom stereocenters. The Morgan fingerprint density at radius 3 is 2.52 bits per heavy atom. The molecule has 1 atom stereocenters. The predicted molar refractivity (Wildman–Crippen MR) is 121 cm³/mol. The number of benzene rings is 2. The average molecular weight is 440 g/mol. The first-order valence-corrected chi connectivity index (χ1v) is 10.5. The summed E-state index contributed by atoms with van der Waals surface area (Å²) in [4.78, 5) is 25.3. The van der Waals surface area contributed by atoms with Gasteiger partial charge in [0.2, 0.25) is 5.91 Å². The lowest BCUT2D eigenvalue weighted by molar-refractivity contribution is -0.125. The van der Waals surface area contributed by atoms with Crippen molar-refractivity contribution < 1.29 is 14.3 Å². The standard InChI is InChI=1S/C24H26ClN3O3/c1-16(2)31-23-10-9-18(11-21(23)25)22(29)12-19(24(30)26-3)14-28-15-20(13-27-28)17-7-5-4-6-8-17/h4-11,13,15-16,19H,12,14H2,1-3H3,(H,26,30)/t19-/m0/s1. The molecule has 0 aliphatic carbocycles. The van der Waals surface area contributed by atoms with Crippen LogP contribution in [0, 0.1) is 5.92 Å². The summed E-state index contributed by atoms with van der Waals surface area (Å²) in [5.74, 6) is -0.412. The maximum absolute atomic E-state index is 12.9. The first kappa shape index (κ1) is 22.6. The third kappa shape index (κ3) is 5.95. The summed E-state index contributed by atoms with van der Waals surface area (Å²) >= 11 is 6.26. The summed E-state index contributed by atoms with van der Waals surface area (Å²) < 4.78 is 7.31. The van der Waals surface area contributed by atoms with Crippen LogP contribution in [0.4, 0.5) is 0 Å². The Bertz CT molecular complexity index is 1050. The van der Waals surface area contributed by atoms with E-state index >= 15 is 0 Å². The second kappa shape index (κ2) is 10.3. The third-order valence-electron chi connectivity index (χ3n) is 4.81. The van der Waals surface area contributed by atoms with Gasteiger partial charge in [-0.2, -0.15) is 5.10 Å². The highest BCUT2D eigenvalue weighted by Crippen LogP contribution is 2.27. The summed E-state index contributed by atoms with van der Waals surface area (Å²) in [5.41, 5.74) is 2.44. The normalized spacial score (nSPS) is 11.9. The van der Waals surface area contributed by atoms with Gasteiger partial charge in [-0.3, -0.25) is 14.3 Å². The molecule has 0 spiro atoms. The topological polar surface area (TPSA) is 73.2 Å². The number of hydrogen-bond acceptors (Lipinski definition) is 4. The summed E-state index contributed by atoms with van der Waals surface area (Å²) in [5, 5.41) is 7.39. The molecule has 7 heteroatoms. The molecule has 3 aromatic rings. The minimum atomic E-state index is -0.564. The van der Waals surface area contributed by atoms with Crippen LogP contribution in [0.5, 0.6) is 5.75 Å². The quantitative estimate of drug-likeness (QED) is 0.493. The molecule has 1 N–H and O–H groups in total. The predicted octanol–water partition coefficient (Wildman–Crippen LogP) is 4.63. The average Bonchev–Trinajstić information content (AvgIpc) is 3.23. The molecule has 1 aromatic heterocycles. The van der Waals surface area contributed by atoms with E-state index in [1.807, 2.05) is 50.4 Å². The summed E-state index contributed by atoms with van der Waals surface area (Å²) in [7, 11) is 1.56. The van der Waals surface area contributed by atoms with Crippen LogP contribution in [-0.2, 0) is 11.3 Å². The van der Waals surface area contributed by atoms with Gasteiger partial charge in [0, 0.05) is 30.8 Å². The van der Waals surface area contributed by atoms with Gasteiger partial charge >= 0.3 is 0 Å². The molecular formula is C24H26ClN3O3. The zero-order valence-corrected chi connectivity index (χ0v) is 18.6. The first-order valence-electron chi connectivity index (χ1n) is 10.2. The molecule has 0 aliphatic rings. The number of halogens is 1. The van der Waals surface area contributed by atoms with Gasteiger partial charge in [0.25, 0.3) is 0 Å². The number of carbonyl (C=O) groups excluding carboxylic acids is 2. The number of nitrogens with one attached hydrogen (secondary N) is 1. The van der Waals surface area contributed by atoms with Gasteiger partial charge < -0.3 is 10.1 Å². The van der Waals surface area contributed by atoms with Crippen LogP contribution in [-0.4, -0.2) is 34.6 Å². The fourth-order valence-corrected chi connectivity index (χ4v) is 3.50. The Kier molecular flexibility index (Phi) is 7.47. The minimum Gasteiger partial charge on any atom is -0.489 e. The molecule has 2 aromatic carbocycles. The maximum atomic E-state index is 12.9. The van der Waals surface area contributed by atoms with E-state index in [0.717, 1.165) is 11.1 Å². The molecule has 31 heavy (non-hydrogen) atoms. The molecule has 0 saturated carbocycles. The van der Waals surface area contributed by atoms with Crippen LogP contribution in [0.2, 0.25) is 5.02 Å². The Balaban J connectivity index is 1.73. The van der Waals surface area contributed by atoms with Crippen LogP contribution < -0.4 is 10.1 Å². The number of amides is 1. The van der Waals surface area contributed by atoms with Crippen LogP contribution in [0.15, 0.2) is 60.9 Å². The Hall–Kier alpha value is -3.12. The van der Waals surface area contributed by atoms with Crippen molar-refractivity contribution in [1.29, 1.82) is 0 Å². The van der Waals surface area contributed by atoms with Crippen LogP contribution in [0.3, 0.4) is 0 Å². The molecule has 1 amide bonds. The van der Waals surface area contributed by atoms with Gasteiger partial charge in [-0.1, -0.05) is 41.9 Å². The lowest BCUT2D eigenvalue weighted by Crippen LogP contribution is -2.32. The summed E-state index contributed by atoms with van der Waals surface area (Å²) in [6, 6.07) is 14.8. The second-order valence-corrected chi connectivity index (χ2v) is 7.97. The molecule has 1 heterocycles. The molecule has 0 aliphatic heterocycles. The van der Waals surface area contributed by atoms with Gasteiger partial charge in [0.1, 0.15) is 5.75 Å². The van der Waals surface area contributed by atoms with E-state index in [2.05, 4.69) is 10.4 Å². The highest BCUT2D eigenvalue weighted by atomic mass is 35.5. The Labute approximate surface area is 187 Å². The highest BCUT2D eigenvalue weighted by molar-refractivity contribution is 6.32. The molecule has 162 valence electrons. The van der Waals surface area contributed by atoms with Crippen molar-refractivity contribution in [2.75, 3.05) is 7.05 Å². The number of ketones is 1. The van der Waals surface area contributed by atoms with Gasteiger partial charge in [0.05, 0.1) is 29.8 Å². The first-order chi connectivity index (χ1) is 14.9. The van der Waals surface area contributed by atoms with E-state index in [1.165, 1.54) is 0 Å². The van der Waals surface area contributed by atoms with Crippen molar-refractivity contribution in [1.82, 2.24) is 15.1 Å². The van der Waals surface area contributed by atoms with Gasteiger partial charge in [-0.25, -0.2) is 0 Å². The van der Waals surface area contributed by atoms with Crippen molar-refractivity contribution in [2.24, 2.45) is 5.92 Å². The number of Topliss-reactive ketones (excluding diaryl/α,β-unsaturated/α-hetero) is 1. The fraction of sp³-hybridized carbons (Fsp3) is 0.292. The SMILES string of the molecule is CNC(=O)[C@@H](CC(=O)c1ccc(OC(C)C)c(Cl)c1)Cn1cc(-c2ccccc2)cn1. The number of hydrogen-bond donors (Lipinski definition) is 1.